The minimum Gasteiger partial charge on any atom is -0.377 e. The van der Waals surface area contributed by atoms with Gasteiger partial charge in [-0.05, 0) is 31.2 Å². The first-order chi connectivity index (χ1) is 9.84. The third-order valence-electron chi connectivity index (χ3n) is 5.54. The van der Waals surface area contributed by atoms with Crippen LogP contribution in [-0.4, -0.2) is 36.7 Å². The number of ether oxygens (including phenoxy) is 1. The van der Waals surface area contributed by atoms with Crippen LogP contribution in [0.1, 0.15) is 25.8 Å². The zero-order chi connectivity index (χ0) is 15.3. The van der Waals surface area contributed by atoms with E-state index in [0.717, 1.165) is 25.1 Å². The Kier molecular flexibility index (Phi) is 3.59. The Morgan fingerprint density at radius 3 is 2.90 bits per heavy atom. The second kappa shape index (κ2) is 5.04. The van der Waals surface area contributed by atoms with Gasteiger partial charge in [0.25, 0.3) is 0 Å². The van der Waals surface area contributed by atoms with Gasteiger partial charge in [0, 0.05) is 36.6 Å². The summed E-state index contributed by atoms with van der Waals surface area (Å²) in [5.74, 6) is 0.263. The molecule has 21 heavy (non-hydrogen) atoms. The zero-order valence-corrected chi connectivity index (χ0v) is 13.1. The molecule has 2 aliphatic rings. The summed E-state index contributed by atoms with van der Waals surface area (Å²) in [4.78, 5) is 2.20. The van der Waals surface area contributed by atoms with Gasteiger partial charge >= 0.3 is 0 Å². The van der Waals surface area contributed by atoms with E-state index in [1.165, 1.54) is 6.07 Å². The first kappa shape index (κ1) is 14.9. The van der Waals surface area contributed by atoms with Crippen LogP contribution < -0.4 is 5.73 Å². The van der Waals surface area contributed by atoms with Crippen LogP contribution in [-0.2, 0) is 11.3 Å². The summed E-state index contributed by atoms with van der Waals surface area (Å²) in [6, 6.07) is 6.78. The number of benzene rings is 1. The number of hydrogen-bond acceptors (Lipinski definition) is 3. The third kappa shape index (κ3) is 2.30. The number of rotatable bonds is 4. The molecule has 0 spiro atoms. The molecule has 116 valence electrons. The fraction of sp³-hybridized carbons (Fsp3) is 0.647. The maximum atomic E-state index is 13.3. The van der Waals surface area contributed by atoms with Crippen LogP contribution in [0.5, 0.6) is 0 Å². The number of fused-ring (bicyclic) bond motifs is 1. The predicted octanol–water partition coefficient (Wildman–Crippen LogP) is 2.40. The van der Waals surface area contributed by atoms with Gasteiger partial charge in [-0.15, -0.1) is 0 Å². The molecule has 2 N–H and O–H groups in total. The quantitative estimate of drug-likeness (QED) is 0.926. The Labute approximate surface area is 126 Å². The first-order valence-corrected chi connectivity index (χ1v) is 7.68. The summed E-state index contributed by atoms with van der Waals surface area (Å²) in [5, 5.41) is 0. The number of likely N-dealkylation sites (N-methyl/N-ethyl adjacent to an activating group) is 1. The molecule has 0 radical (unpaired) electrons. The lowest BCUT2D eigenvalue weighted by atomic mass is 9.48. The highest BCUT2D eigenvalue weighted by molar-refractivity contribution is 5.22. The molecule has 1 saturated carbocycles. The highest BCUT2D eigenvalue weighted by atomic mass is 19.1. The molecule has 4 heteroatoms. The maximum absolute atomic E-state index is 13.3. The standard InChI is InChI=1S/C17H25FN2O/c1-16(2)15-14(7-8-21-15)17(16,19)11-20(3)10-12-5-4-6-13(18)9-12/h4-6,9,14-15H,7-8,10-11,19H2,1-3H3. The van der Waals surface area contributed by atoms with Gasteiger partial charge in [0.1, 0.15) is 5.82 Å². The maximum Gasteiger partial charge on any atom is 0.123 e. The predicted molar refractivity (Wildman–Crippen MR) is 81.3 cm³/mol. The summed E-state index contributed by atoms with van der Waals surface area (Å²) in [7, 11) is 2.05. The van der Waals surface area contributed by atoms with Crippen LogP contribution in [0.25, 0.3) is 0 Å². The summed E-state index contributed by atoms with van der Waals surface area (Å²) in [6.45, 7) is 6.75. The molecule has 0 aromatic heterocycles. The smallest absolute Gasteiger partial charge is 0.123 e. The third-order valence-corrected chi connectivity index (χ3v) is 5.54. The lowest BCUT2D eigenvalue weighted by Gasteiger charge is -2.63. The fourth-order valence-corrected chi connectivity index (χ4v) is 4.25. The fourth-order valence-electron chi connectivity index (χ4n) is 4.25. The summed E-state index contributed by atoms with van der Waals surface area (Å²) < 4.78 is 19.1. The van der Waals surface area contributed by atoms with Crippen LogP contribution >= 0.6 is 0 Å². The lowest BCUT2D eigenvalue weighted by Crippen LogP contribution is -2.77. The van der Waals surface area contributed by atoms with Crippen molar-refractivity contribution in [3.8, 4) is 0 Å². The monoisotopic (exact) mass is 292 g/mol. The number of nitrogens with two attached hydrogens (primary N) is 1. The Bertz CT molecular complexity index is 533. The van der Waals surface area contributed by atoms with E-state index < -0.39 is 0 Å². The molecular formula is C17H25FN2O. The largest absolute Gasteiger partial charge is 0.377 e. The molecule has 0 amide bonds. The van der Waals surface area contributed by atoms with Gasteiger partial charge in [-0.2, -0.15) is 0 Å². The van der Waals surface area contributed by atoms with Crippen LogP contribution in [0.3, 0.4) is 0 Å². The molecule has 1 aliphatic carbocycles. The van der Waals surface area contributed by atoms with Crippen molar-refractivity contribution in [2.75, 3.05) is 20.2 Å². The van der Waals surface area contributed by atoms with Gasteiger partial charge in [0.15, 0.2) is 0 Å². The molecular weight excluding hydrogens is 267 g/mol. The Morgan fingerprint density at radius 2 is 2.19 bits per heavy atom. The van der Waals surface area contributed by atoms with E-state index in [9.17, 15) is 4.39 Å². The number of nitrogens with zero attached hydrogens (tertiary/aromatic N) is 1. The zero-order valence-electron chi connectivity index (χ0n) is 13.1. The molecule has 0 bridgehead atoms. The first-order valence-electron chi connectivity index (χ1n) is 7.68. The summed E-state index contributed by atoms with van der Waals surface area (Å²) >= 11 is 0. The average molecular weight is 292 g/mol. The van der Waals surface area contributed by atoms with E-state index in [0.29, 0.717) is 18.6 Å². The van der Waals surface area contributed by atoms with Gasteiger partial charge in [-0.25, -0.2) is 4.39 Å². The van der Waals surface area contributed by atoms with Crippen LogP contribution in [0.4, 0.5) is 4.39 Å². The van der Waals surface area contributed by atoms with Gasteiger partial charge in [0.2, 0.25) is 0 Å². The Morgan fingerprint density at radius 1 is 1.43 bits per heavy atom. The normalized spacial score (nSPS) is 33.8. The van der Waals surface area contributed by atoms with E-state index in [-0.39, 0.29) is 16.8 Å². The van der Waals surface area contributed by atoms with Crippen molar-refractivity contribution in [3.05, 3.63) is 35.6 Å². The number of hydrogen-bond donors (Lipinski definition) is 1. The molecule has 3 atom stereocenters. The number of halogens is 1. The van der Waals surface area contributed by atoms with Crippen molar-refractivity contribution in [2.24, 2.45) is 17.1 Å². The van der Waals surface area contributed by atoms with Crippen LogP contribution in [0.15, 0.2) is 24.3 Å². The van der Waals surface area contributed by atoms with E-state index >= 15 is 0 Å². The highest BCUT2D eigenvalue weighted by Gasteiger charge is 2.67. The molecule has 1 saturated heterocycles. The molecule has 3 unspecified atom stereocenters. The van der Waals surface area contributed by atoms with Gasteiger partial charge in [-0.3, -0.25) is 0 Å². The molecule has 3 rings (SSSR count). The van der Waals surface area contributed by atoms with Crippen molar-refractivity contribution in [1.29, 1.82) is 0 Å². The SMILES string of the molecule is CN(Cc1cccc(F)c1)CC1(N)C2CCOC2C1(C)C. The topological polar surface area (TPSA) is 38.5 Å². The highest BCUT2D eigenvalue weighted by Crippen LogP contribution is 2.58. The molecule has 1 aromatic rings. The van der Waals surface area contributed by atoms with Crippen LogP contribution in [0.2, 0.25) is 0 Å². The van der Waals surface area contributed by atoms with E-state index in [4.69, 9.17) is 10.5 Å². The van der Waals surface area contributed by atoms with Crippen molar-refractivity contribution in [3.63, 3.8) is 0 Å². The second-order valence-corrected chi connectivity index (χ2v) is 7.25. The minimum atomic E-state index is -0.226. The molecule has 2 fully saturated rings. The Hall–Kier alpha value is -0.970. The van der Waals surface area contributed by atoms with E-state index in [2.05, 4.69) is 25.8 Å². The molecule has 1 heterocycles. The lowest BCUT2D eigenvalue weighted by molar-refractivity contribution is -0.162. The summed E-state index contributed by atoms with van der Waals surface area (Å²) in [5.41, 5.74) is 7.50. The van der Waals surface area contributed by atoms with Gasteiger partial charge in [-0.1, -0.05) is 26.0 Å². The van der Waals surface area contributed by atoms with Crippen molar-refractivity contribution < 1.29 is 9.13 Å². The summed E-state index contributed by atoms with van der Waals surface area (Å²) in [6.07, 6.45) is 1.35. The molecule has 1 aromatic carbocycles. The van der Waals surface area contributed by atoms with Crippen molar-refractivity contribution in [2.45, 2.75) is 38.5 Å². The Balaban J connectivity index is 1.68. The molecule has 1 aliphatic heterocycles. The van der Waals surface area contributed by atoms with Crippen molar-refractivity contribution in [1.82, 2.24) is 4.90 Å². The molecule has 3 nitrogen and oxygen atoms in total. The second-order valence-electron chi connectivity index (χ2n) is 7.25. The van der Waals surface area contributed by atoms with E-state index in [1.807, 2.05) is 6.07 Å². The van der Waals surface area contributed by atoms with Crippen LogP contribution in [0, 0.1) is 17.2 Å². The van der Waals surface area contributed by atoms with Gasteiger partial charge in [0.05, 0.1) is 6.10 Å². The average Bonchev–Trinajstić information content (AvgIpc) is 2.86. The van der Waals surface area contributed by atoms with E-state index in [1.54, 1.807) is 12.1 Å². The minimum absolute atomic E-state index is 0.00956. The van der Waals surface area contributed by atoms with Gasteiger partial charge < -0.3 is 15.4 Å². The van der Waals surface area contributed by atoms with Crippen molar-refractivity contribution >= 4 is 0 Å².